The zero-order chi connectivity index (χ0) is 15.6. The predicted octanol–water partition coefficient (Wildman–Crippen LogP) is 0.818. The average Bonchev–Trinajstić information content (AvgIpc) is 2.54. The first kappa shape index (κ1) is 18.1. The van der Waals surface area contributed by atoms with Gasteiger partial charge in [0.2, 0.25) is 0 Å². The van der Waals surface area contributed by atoms with Gasteiger partial charge in [0, 0.05) is 40.4 Å². The summed E-state index contributed by atoms with van der Waals surface area (Å²) in [5.41, 5.74) is 5.69. The minimum absolute atomic E-state index is 0.208. The third kappa shape index (κ3) is 6.11. The van der Waals surface area contributed by atoms with E-state index >= 15 is 0 Å². The van der Waals surface area contributed by atoms with Gasteiger partial charge >= 0.3 is 0 Å². The Morgan fingerprint density at radius 2 is 1.62 bits per heavy atom. The third-order valence-electron chi connectivity index (χ3n) is 3.71. The number of nitrogens with two attached hydrogens (primary N) is 1. The Labute approximate surface area is 127 Å². The monoisotopic (exact) mass is 296 g/mol. The Morgan fingerprint density at radius 1 is 1.05 bits per heavy atom. The van der Waals surface area contributed by atoms with Crippen LogP contribution in [0.4, 0.5) is 0 Å². The normalized spacial score (nSPS) is 14.3. The lowest BCUT2D eigenvalue weighted by Crippen LogP contribution is -2.40. The van der Waals surface area contributed by atoms with Gasteiger partial charge in [0.1, 0.15) is 5.60 Å². The molecule has 0 fully saturated rings. The van der Waals surface area contributed by atoms with Gasteiger partial charge in [0.05, 0.1) is 13.2 Å². The molecule has 1 unspecified atom stereocenters. The molecule has 0 radical (unpaired) electrons. The maximum absolute atomic E-state index is 10.8. The number of methoxy groups -OCH3 is 2. The second kappa shape index (κ2) is 9.87. The number of nitrogens with zero attached hydrogens (tertiary/aromatic N) is 1. The molecule has 0 aliphatic rings. The molecule has 0 bridgehead atoms. The van der Waals surface area contributed by atoms with Gasteiger partial charge in [-0.1, -0.05) is 30.3 Å². The molecule has 0 saturated heterocycles. The quantitative estimate of drug-likeness (QED) is 0.633. The molecule has 0 amide bonds. The Bertz CT molecular complexity index is 367. The van der Waals surface area contributed by atoms with Gasteiger partial charge in [-0.25, -0.2) is 0 Å². The van der Waals surface area contributed by atoms with Crippen molar-refractivity contribution >= 4 is 0 Å². The first-order chi connectivity index (χ1) is 10.2. The van der Waals surface area contributed by atoms with E-state index in [9.17, 15) is 5.11 Å². The molecule has 1 atom stereocenters. The highest BCUT2D eigenvalue weighted by atomic mass is 16.5. The van der Waals surface area contributed by atoms with Crippen molar-refractivity contribution in [2.24, 2.45) is 5.73 Å². The Morgan fingerprint density at radius 3 is 2.10 bits per heavy atom. The lowest BCUT2D eigenvalue weighted by molar-refractivity contribution is 0.0198. The van der Waals surface area contributed by atoms with E-state index in [-0.39, 0.29) is 6.54 Å². The van der Waals surface area contributed by atoms with E-state index in [1.165, 1.54) is 0 Å². The van der Waals surface area contributed by atoms with E-state index in [0.717, 1.165) is 25.2 Å². The molecule has 0 spiro atoms. The molecular formula is C16H28N2O3. The lowest BCUT2D eigenvalue weighted by Gasteiger charge is -2.30. The molecule has 0 heterocycles. The van der Waals surface area contributed by atoms with Crippen molar-refractivity contribution < 1.29 is 14.6 Å². The van der Waals surface area contributed by atoms with Gasteiger partial charge in [0.15, 0.2) is 0 Å². The van der Waals surface area contributed by atoms with Crippen LogP contribution in [0.15, 0.2) is 30.3 Å². The molecule has 0 saturated carbocycles. The first-order valence-corrected chi connectivity index (χ1v) is 7.34. The van der Waals surface area contributed by atoms with Crippen LogP contribution in [0.5, 0.6) is 0 Å². The molecule has 0 aromatic heterocycles. The molecule has 0 aliphatic carbocycles. The van der Waals surface area contributed by atoms with Crippen molar-refractivity contribution in [2.45, 2.75) is 12.0 Å². The van der Waals surface area contributed by atoms with E-state index < -0.39 is 5.60 Å². The van der Waals surface area contributed by atoms with Crippen LogP contribution >= 0.6 is 0 Å². The number of hydrogen-bond acceptors (Lipinski definition) is 5. The summed E-state index contributed by atoms with van der Waals surface area (Å²) in [6.45, 7) is 3.91. The summed E-state index contributed by atoms with van der Waals surface area (Å²) in [5.74, 6) is 0. The molecule has 5 heteroatoms. The highest BCUT2D eigenvalue weighted by Gasteiger charge is 2.27. The lowest BCUT2D eigenvalue weighted by atomic mass is 9.90. The van der Waals surface area contributed by atoms with Crippen molar-refractivity contribution in [3.63, 3.8) is 0 Å². The zero-order valence-corrected chi connectivity index (χ0v) is 13.1. The van der Waals surface area contributed by atoms with Crippen LogP contribution < -0.4 is 5.73 Å². The summed E-state index contributed by atoms with van der Waals surface area (Å²) in [4.78, 5) is 2.22. The van der Waals surface area contributed by atoms with Gasteiger partial charge in [0.25, 0.3) is 0 Å². The van der Waals surface area contributed by atoms with Crippen LogP contribution in [-0.4, -0.2) is 63.6 Å². The number of benzene rings is 1. The average molecular weight is 296 g/mol. The van der Waals surface area contributed by atoms with Gasteiger partial charge in [-0.05, 0) is 12.0 Å². The molecule has 1 rings (SSSR count). The van der Waals surface area contributed by atoms with Crippen molar-refractivity contribution in [3.8, 4) is 0 Å². The van der Waals surface area contributed by atoms with E-state index in [1.807, 2.05) is 30.3 Å². The highest BCUT2D eigenvalue weighted by Crippen LogP contribution is 2.24. The SMILES string of the molecule is COCCN(CCOC)CCC(O)(CN)c1ccccc1. The van der Waals surface area contributed by atoms with Crippen LogP contribution in [0.2, 0.25) is 0 Å². The summed E-state index contributed by atoms with van der Waals surface area (Å²) >= 11 is 0. The molecule has 21 heavy (non-hydrogen) atoms. The van der Waals surface area contributed by atoms with Crippen LogP contribution in [0.25, 0.3) is 0 Å². The van der Waals surface area contributed by atoms with Gasteiger partial charge in [-0.15, -0.1) is 0 Å². The van der Waals surface area contributed by atoms with Crippen LogP contribution in [-0.2, 0) is 15.1 Å². The fraction of sp³-hybridized carbons (Fsp3) is 0.625. The Hall–Kier alpha value is -0.980. The number of hydrogen-bond donors (Lipinski definition) is 2. The molecule has 1 aromatic carbocycles. The Balaban J connectivity index is 2.61. The van der Waals surface area contributed by atoms with E-state index in [0.29, 0.717) is 19.6 Å². The molecule has 1 aromatic rings. The first-order valence-electron chi connectivity index (χ1n) is 7.34. The van der Waals surface area contributed by atoms with Crippen LogP contribution in [0.1, 0.15) is 12.0 Å². The molecule has 120 valence electrons. The van der Waals surface area contributed by atoms with E-state index in [4.69, 9.17) is 15.2 Å². The second-order valence-corrected chi connectivity index (χ2v) is 5.18. The summed E-state index contributed by atoms with van der Waals surface area (Å²) in [5, 5.41) is 10.8. The standard InChI is InChI=1S/C16H28N2O3/c1-20-12-10-18(11-13-21-2)9-8-16(19,14-17)15-6-4-3-5-7-15/h3-7,19H,8-14,17H2,1-2H3. The number of ether oxygens (including phenoxy) is 2. The summed E-state index contributed by atoms with van der Waals surface area (Å²) in [6.07, 6.45) is 0.584. The second-order valence-electron chi connectivity index (χ2n) is 5.18. The maximum Gasteiger partial charge on any atom is 0.103 e. The molecule has 0 aliphatic heterocycles. The number of aliphatic hydroxyl groups is 1. The van der Waals surface area contributed by atoms with Crippen molar-refractivity contribution in [2.75, 3.05) is 53.6 Å². The summed E-state index contributed by atoms with van der Waals surface area (Å²) in [6, 6.07) is 9.61. The smallest absolute Gasteiger partial charge is 0.103 e. The Kier molecular flexibility index (Phi) is 8.49. The molecule has 5 nitrogen and oxygen atoms in total. The van der Waals surface area contributed by atoms with E-state index in [1.54, 1.807) is 14.2 Å². The topological polar surface area (TPSA) is 68.0 Å². The number of rotatable bonds is 11. The molecular weight excluding hydrogens is 268 g/mol. The summed E-state index contributed by atoms with van der Waals surface area (Å²) in [7, 11) is 3.38. The summed E-state index contributed by atoms with van der Waals surface area (Å²) < 4.78 is 10.3. The highest BCUT2D eigenvalue weighted by molar-refractivity contribution is 5.22. The minimum atomic E-state index is -0.986. The van der Waals surface area contributed by atoms with Crippen molar-refractivity contribution in [3.05, 3.63) is 35.9 Å². The van der Waals surface area contributed by atoms with Crippen molar-refractivity contribution in [1.29, 1.82) is 0 Å². The fourth-order valence-electron chi connectivity index (χ4n) is 2.23. The van der Waals surface area contributed by atoms with E-state index in [2.05, 4.69) is 4.90 Å². The van der Waals surface area contributed by atoms with Gasteiger partial charge in [-0.2, -0.15) is 0 Å². The van der Waals surface area contributed by atoms with Gasteiger partial charge in [-0.3, -0.25) is 4.90 Å². The maximum atomic E-state index is 10.8. The fourth-order valence-corrected chi connectivity index (χ4v) is 2.23. The largest absolute Gasteiger partial charge is 0.384 e. The van der Waals surface area contributed by atoms with Crippen LogP contribution in [0, 0.1) is 0 Å². The molecule has 3 N–H and O–H groups in total. The predicted molar refractivity (Wildman–Crippen MR) is 84.2 cm³/mol. The minimum Gasteiger partial charge on any atom is -0.384 e. The van der Waals surface area contributed by atoms with Gasteiger partial charge < -0.3 is 20.3 Å². The zero-order valence-electron chi connectivity index (χ0n) is 13.1. The van der Waals surface area contributed by atoms with Crippen molar-refractivity contribution in [1.82, 2.24) is 4.90 Å². The third-order valence-corrected chi connectivity index (χ3v) is 3.71. The van der Waals surface area contributed by atoms with Crippen LogP contribution in [0.3, 0.4) is 0 Å².